The predicted octanol–water partition coefficient (Wildman–Crippen LogP) is 1.72. The zero-order chi connectivity index (χ0) is 9.14. The molecule has 1 heterocycles. The van der Waals surface area contributed by atoms with Gasteiger partial charge in [0.05, 0.1) is 0 Å². The standard InChI is InChI=1S/C9H19FN2/c1-7(2)12(10)6-9-5-4-8(3)11-9/h7-9,11H,4-6H2,1-3H3. The molecule has 1 N–H and O–H groups in total. The van der Waals surface area contributed by atoms with Crippen molar-refractivity contribution in [2.75, 3.05) is 6.54 Å². The zero-order valence-corrected chi connectivity index (χ0v) is 8.18. The van der Waals surface area contributed by atoms with Gasteiger partial charge < -0.3 is 5.32 Å². The van der Waals surface area contributed by atoms with E-state index in [1.165, 1.54) is 6.42 Å². The Morgan fingerprint density at radius 2 is 2.17 bits per heavy atom. The number of hydrogen-bond donors (Lipinski definition) is 1. The quantitative estimate of drug-likeness (QED) is 0.655. The van der Waals surface area contributed by atoms with Crippen LogP contribution in [0.1, 0.15) is 33.6 Å². The average Bonchev–Trinajstić information content (AvgIpc) is 2.35. The fourth-order valence-electron chi connectivity index (χ4n) is 1.59. The van der Waals surface area contributed by atoms with Crippen LogP contribution in [0.4, 0.5) is 4.48 Å². The third-order valence-electron chi connectivity index (χ3n) is 2.42. The summed E-state index contributed by atoms with van der Waals surface area (Å²) in [5, 5.41) is 4.27. The van der Waals surface area contributed by atoms with Gasteiger partial charge >= 0.3 is 0 Å². The van der Waals surface area contributed by atoms with Gasteiger partial charge in [0.15, 0.2) is 0 Å². The molecule has 0 aromatic carbocycles. The van der Waals surface area contributed by atoms with Crippen molar-refractivity contribution in [1.82, 2.24) is 10.4 Å². The maximum Gasteiger partial charge on any atom is 0.0447 e. The van der Waals surface area contributed by atoms with E-state index in [0.29, 0.717) is 18.6 Å². The van der Waals surface area contributed by atoms with Crippen molar-refractivity contribution in [1.29, 1.82) is 0 Å². The van der Waals surface area contributed by atoms with Crippen LogP contribution in [0.5, 0.6) is 0 Å². The molecular weight excluding hydrogens is 155 g/mol. The summed E-state index contributed by atoms with van der Waals surface area (Å²) >= 11 is 0. The van der Waals surface area contributed by atoms with Crippen molar-refractivity contribution in [3.63, 3.8) is 0 Å². The van der Waals surface area contributed by atoms with Gasteiger partial charge in [-0.05, 0) is 33.6 Å². The van der Waals surface area contributed by atoms with Crippen molar-refractivity contribution in [3.05, 3.63) is 0 Å². The van der Waals surface area contributed by atoms with E-state index in [1.54, 1.807) is 0 Å². The molecule has 2 atom stereocenters. The van der Waals surface area contributed by atoms with Gasteiger partial charge in [0.25, 0.3) is 0 Å². The SMILES string of the molecule is CC1CCC(CN(F)C(C)C)N1. The Morgan fingerprint density at radius 1 is 1.50 bits per heavy atom. The molecule has 3 heteroatoms. The van der Waals surface area contributed by atoms with E-state index in [0.717, 1.165) is 11.5 Å². The Morgan fingerprint density at radius 3 is 2.58 bits per heavy atom. The molecule has 0 aromatic heterocycles. The fraction of sp³-hybridized carbons (Fsp3) is 1.00. The van der Waals surface area contributed by atoms with Crippen LogP contribution in [-0.2, 0) is 0 Å². The molecule has 0 aromatic rings. The summed E-state index contributed by atoms with van der Waals surface area (Å²) in [6.07, 6.45) is 2.28. The first-order chi connectivity index (χ1) is 5.59. The van der Waals surface area contributed by atoms with Crippen molar-refractivity contribution in [2.45, 2.75) is 51.7 Å². The van der Waals surface area contributed by atoms with E-state index in [4.69, 9.17) is 0 Å². The zero-order valence-electron chi connectivity index (χ0n) is 8.18. The summed E-state index contributed by atoms with van der Waals surface area (Å²) < 4.78 is 13.1. The van der Waals surface area contributed by atoms with Gasteiger partial charge in [-0.2, -0.15) is 0 Å². The molecule has 72 valence electrons. The van der Waals surface area contributed by atoms with E-state index in [1.807, 2.05) is 13.8 Å². The molecule has 1 aliphatic heterocycles. The second-order valence-corrected chi connectivity index (χ2v) is 4.02. The maximum absolute atomic E-state index is 13.1. The van der Waals surface area contributed by atoms with Crippen LogP contribution in [0.15, 0.2) is 0 Å². The van der Waals surface area contributed by atoms with Gasteiger partial charge in [0.2, 0.25) is 0 Å². The lowest BCUT2D eigenvalue weighted by Crippen LogP contribution is -2.38. The molecule has 12 heavy (non-hydrogen) atoms. The van der Waals surface area contributed by atoms with Gasteiger partial charge in [-0.3, -0.25) is 0 Å². The van der Waals surface area contributed by atoms with E-state index < -0.39 is 0 Å². The molecule has 2 nitrogen and oxygen atoms in total. The average molecular weight is 174 g/mol. The van der Waals surface area contributed by atoms with Gasteiger partial charge in [0, 0.05) is 24.7 Å². The molecule has 0 aliphatic carbocycles. The Hall–Kier alpha value is -0.150. The van der Waals surface area contributed by atoms with Crippen LogP contribution in [0.25, 0.3) is 0 Å². The third-order valence-corrected chi connectivity index (χ3v) is 2.42. The second-order valence-electron chi connectivity index (χ2n) is 4.02. The molecule has 1 rings (SSSR count). The molecular formula is C9H19FN2. The Kier molecular flexibility index (Phi) is 3.47. The summed E-state index contributed by atoms with van der Waals surface area (Å²) in [6, 6.07) is 0.922. The normalized spacial score (nSPS) is 30.5. The Bertz CT molecular complexity index is 138. The Balaban J connectivity index is 2.23. The van der Waals surface area contributed by atoms with Crippen LogP contribution < -0.4 is 5.32 Å². The van der Waals surface area contributed by atoms with Crippen LogP contribution >= 0.6 is 0 Å². The van der Waals surface area contributed by atoms with Crippen molar-refractivity contribution < 1.29 is 4.48 Å². The lowest BCUT2D eigenvalue weighted by molar-refractivity contribution is -0.0153. The van der Waals surface area contributed by atoms with Crippen LogP contribution in [0, 0.1) is 0 Å². The minimum Gasteiger partial charge on any atom is -0.310 e. The van der Waals surface area contributed by atoms with Crippen molar-refractivity contribution >= 4 is 0 Å². The molecule has 0 bridgehead atoms. The van der Waals surface area contributed by atoms with E-state index >= 15 is 0 Å². The van der Waals surface area contributed by atoms with Crippen molar-refractivity contribution in [3.8, 4) is 0 Å². The molecule has 0 radical (unpaired) electrons. The smallest absolute Gasteiger partial charge is 0.0447 e. The van der Waals surface area contributed by atoms with Gasteiger partial charge in [0.1, 0.15) is 0 Å². The van der Waals surface area contributed by atoms with Crippen LogP contribution in [-0.4, -0.2) is 29.8 Å². The maximum atomic E-state index is 13.1. The fourth-order valence-corrected chi connectivity index (χ4v) is 1.59. The molecule has 1 fully saturated rings. The van der Waals surface area contributed by atoms with Crippen LogP contribution in [0.3, 0.4) is 0 Å². The lowest BCUT2D eigenvalue weighted by Gasteiger charge is -2.20. The predicted molar refractivity (Wildman–Crippen MR) is 48.6 cm³/mol. The topological polar surface area (TPSA) is 15.3 Å². The molecule has 1 aliphatic rings. The minimum absolute atomic E-state index is 0.00251. The minimum atomic E-state index is 0.00251. The highest BCUT2D eigenvalue weighted by Gasteiger charge is 2.23. The highest BCUT2D eigenvalue weighted by Crippen LogP contribution is 2.13. The number of nitrogens with zero attached hydrogens (tertiary/aromatic N) is 1. The molecule has 0 amide bonds. The summed E-state index contributed by atoms with van der Waals surface area (Å²) in [4.78, 5) is 0. The first kappa shape index (κ1) is 9.93. The summed E-state index contributed by atoms with van der Waals surface area (Å²) in [5.74, 6) is 0. The highest BCUT2D eigenvalue weighted by atomic mass is 19.2. The largest absolute Gasteiger partial charge is 0.310 e. The van der Waals surface area contributed by atoms with Gasteiger partial charge in [-0.15, -0.1) is 9.60 Å². The molecule has 0 saturated carbocycles. The van der Waals surface area contributed by atoms with E-state index in [2.05, 4.69) is 12.2 Å². The molecule has 0 spiro atoms. The third kappa shape index (κ3) is 2.72. The number of halogens is 1. The van der Waals surface area contributed by atoms with Gasteiger partial charge in [-0.1, -0.05) is 0 Å². The Labute approximate surface area is 74.1 Å². The number of hydrogen-bond acceptors (Lipinski definition) is 2. The van der Waals surface area contributed by atoms with Gasteiger partial charge in [-0.25, -0.2) is 0 Å². The lowest BCUT2D eigenvalue weighted by atomic mass is 10.2. The number of nitrogens with one attached hydrogen (secondary N) is 1. The summed E-state index contributed by atoms with van der Waals surface area (Å²) in [5.41, 5.74) is 0. The molecule has 2 unspecified atom stereocenters. The summed E-state index contributed by atoms with van der Waals surface area (Å²) in [7, 11) is 0. The van der Waals surface area contributed by atoms with E-state index in [-0.39, 0.29) is 6.04 Å². The highest BCUT2D eigenvalue weighted by molar-refractivity contribution is 4.82. The monoisotopic (exact) mass is 174 g/mol. The van der Waals surface area contributed by atoms with Crippen molar-refractivity contribution in [2.24, 2.45) is 0 Å². The number of rotatable bonds is 3. The second kappa shape index (κ2) is 4.19. The first-order valence-electron chi connectivity index (χ1n) is 4.78. The van der Waals surface area contributed by atoms with Crippen LogP contribution in [0.2, 0.25) is 0 Å². The molecule has 1 saturated heterocycles. The first-order valence-corrected chi connectivity index (χ1v) is 4.78. The van der Waals surface area contributed by atoms with E-state index in [9.17, 15) is 4.48 Å². The summed E-state index contributed by atoms with van der Waals surface area (Å²) in [6.45, 7) is 6.43.